The van der Waals surface area contributed by atoms with Crippen LogP contribution in [0.3, 0.4) is 0 Å². The maximum Gasteiger partial charge on any atom is 0.339 e. The highest BCUT2D eigenvalue weighted by Gasteiger charge is 2.46. The van der Waals surface area contributed by atoms with Crippen LogP contribution in [0, 0.1) is 5.92 Å². The Morgan fingerprint density at radius 2 is 2.12 bits per heavy atom. The van der Waals surface area contributed by atoms with Gasteiger partial charge in [0.25, 0.3) is 0 Å². The fourth-order valence-electron chi connectivity index (χ4n) is 4.41. The molecule has 1 aromatic carbocycles. The number of carboxylic acid groups (broad SMARTS) is 1. The summed E-state index contributed by atoms with van der Waals surface area (Å²) in [5.41, 5.74) is 2.31. The predicted molar refractivity (Wildman–Crippen MR) is 97.6 cm³/mol. The van der Waals surface area contributed by atoms with Crippen molar-refractivity contribution in [2.24, 2.45) is 5.92 Å². The predicted octanol–water partition coefficient (Wildman–Crippen LogP) is 5.04. The Morgan fingerprint density at radius 3 is 2.76 bits per heavy atom. The van der Waals surface area contributed by atoms with E-state index >= 15 is 0 Å². The second-order valence-electron chi connectivity index (χ2n) is 7.97. The van der Waals surface area contributed by atoms with Crippen LogP contribution in [0.5, 0.6) is 11.5 Å². The van der Waals surface area contributed by atoms with E-state index in [2.05, 4.69) is 33.8 Å². The van der Waals surface area contributed by atoms with Gasteiger partial charge in [-0.05, 0) is 58.1 Å². The molecule has 1 aliphatic heterocycles. The van der Waals surface area contributed by atoms with Crippen molar-refractivity contribution < 1.29 is 19.7 Å². The molecule has 1 unspecified atom stereocenters. The molecule has 1 aliphatic carbocycles. The lowest BCUT2D eigenvalue weighted by atomic mass is 9.67. The number of aromatic carboxylic acids is 1. The fourth-order valence-corrected chi connectivity index (χ4v) is 4.41. The maximum absolute atomic E-state index is 11.8. The molecular weight excluding hydrogens is 316 g/mol. The first kappa shape index (κ1) is 17.8. The molecule has 0 radical (unpaired) electrons. The maximum atomic E-state index is 11.8. The van der Waals surface area contributed by atoms with Crippen LogP contribution in [0.2, 0.25) is 0 Å². The van der Waals surface area contributed by atoms with Gasteiger partial charge in [0.15, 0.2) is 0 Å². The van der Waals surface area contributed by atoms with Gasteiger partial charge in [0.2, 0.25) is 0 Å². The van der Waals surface area contributed by atoms with Gasteiger partial charge in [-0.1, -0.05) is 25.0 Å². The molecule has 2 N–H and O–H groups in total. The Bertz CT molecular complexity index is 730. The zero-order valence-electron chi connectivity index (χ0n) is 15.6. The second kappa shape index (κ2) is 6.40. The average molecular weight is 344 g/mol. The fraction of sp³-hybridized carbons (Fsp3) is 0.571. The molecule has 0 amide bonds. The number of hydrogen-bond acceptors (Lipinski definition) is 3. The van der Waals surface area contributed by atoms with Crippen LogP contribution in [-0.4, -0.2) is 21.8 Å². The second-order valence-corrected chi connectivity index (χ2v) is 7.97. The molecule has 0 saturated heterocycles. The van der Waals surface area contributed by atoms with Crippen molar-refractivity contribution in [2.75, 3.05) is 0 Å². The van der Waals surface area contributed by atoms with Crippen LogP contribution in [-0.2, 0) is 6.42 Å². The number of benzene rings is 1. The van der Waals surface area contributed by atoms with Crippen molar-refractivity contribution in [3.63, 3.8) is 0 Å². The van der Waals surface area contributed by atoms with Gasteiger partial charge in [0, 0.05) is 17.4 Å². The first-order valence-corrected chi connectivity index (χ1v) is 9.24. The Balaban J connectivity index is 2.21. The normalized spacial score (nSPS) is 23.9. The Kier molecular flexibility index (Phi) is 4.56. The standard InChI is InChI=1S/C21H28O4/c1-5-6-7-13-11-16-18(19(22)17(13)20(23)24)14-10-12(2)8-9-15(14)21(3,4)25-16/h10-11,14-15,22H,5-9H2,1-4H3,(H,23,24)/t14-,15?/m1/s1. The summed E-state index contributed by atoms with van der Waals surface area (Å²) >= 11 is 0. The molecule has 3 rings (SSSR count). The lowest BCUT2D eigenvalue weighted by molar-refractivity contribution is 0.0106. The molecule has 1 aromatic rings. The van der Waals surface area contributed by atoms with E-state index in [9.17, 15) is 15.0 Å². The van der Waals surface area contributed by atoms with E-state index < -0.39 is 5.97 Å². The molecule has 1 heterocycles. The highest BCUT2D eigenvalue weighted by atomic mass is 16.5. The van der Waals surface area contributed by atoms with E-state index in [0.717, 1.165) is 25.7 Å². The van der Waals surface area contributed by atoms with Crippen molar-refractivity contribution in [2.45, 2.75) is 71.3 Å². The largest absolute Gasteiger partial charge is 0.507 e. The lowest BCUT2D eigenvalue weighted by Crippen LogP contribution is -2.45. The molecule has 0 fully saturated rings. The van der Waals surface area contributed by atoms with Gasteiger partial charge in [0.1, 0.15) is 22.7 Å². The highest BCUT2D eigenvalue weighted by Crippen LogP contribution is 2.54. The molecular formula is C21H28O4. The minimum absolute atomic E-state index is 0.00539. The Morgan fingerprint density at radius 1 is 1.40 bits per heavy atom. The summed E-state index contributed by atoms with van der Waals surface area (Å²) in [5, 5.41) is 20.6. The van der Waals surface area contributed by atoms with Crippen molar-refractivity contribution in [3.8, 4) is 11.5 Å². The summed E-state index contributed by atoms with van der Waals surface area (Å²) in [4.78, 5) is 11.8. The van der Waals surface area contributed by atoms with Crippen LogP contribution in [0.4, 0.5) is 0 Å². The van der Waals surface area contributed by atoms with Gasteiger partial charge < -0.3 is 14.9 Å². The minimum Gasteiger partial charge on any atom is -0.507 e. The number of aromatic hydroxyl groups is 1. The van der Waals surface area contributed by atoms with Gasteiger partial charge in [0.05, 0.1) is 0 Å². The van der Waals surface area contributed by atoms with E-state index in [1.165, 1.54) is 5.57 Å². The van der Waals surface area contributed by atoms with Crippen LogP contribution in [0.25, 0.3) is 0 Å². The summed E-state index contributed by atoms with van der Waals surface area (Å²) in [6.07, 6.45) is 6.67. The van der Waals surface area contributed by atoms with Gasteiger partial charge in [-0.25, -0.2) is 4.79 Å². The third kappa shape index (κ3) is 3.03. The molecule has 2 atom stereocenters. The number of aryl methyl sites for hydroxylation is 1. The zero-order chi connectivity index (χ0) is 18.4. The van der Waals surface area contributed by atoms with Crippen molar-refractivity contribution in [3.05, 3.63) is 34.4 Å². The number of hydrogen-bond donors (Lipinski definition) is 2. The number of ether oxygens (including phenoxy) is 1. The van der Waals surface area contributed by atoms with Gasteiger partial charge in [-0.15, -0.1) is 0 Å². The molecule has 2 aliphatic rings. The van der Waals surface area contributed by atoms with Crippen LogP contribution >= 0.6 is 0 Å². The number of carbonyl (C=O) groups is 1. The summed E-state index contributed by atoms with van der Waals surface area (Å²) in [7, 11) is 0. The Hall–Kier alpha value is -1.97. The number of unbranched alkanes of at least 4 members (excludes halogenated alkanes) is 1. The number of fused-ring (bicyclic) bond motifs is 3. The topological polar surface area (TPSA) is 66.8 Å². The van der Waals surface area contributed by atoms with Crippen molar-refractivity contribution in [1.29, 1.82) is 0 Å². The van der Waals surface area contributed by atoms with E-state index in [4.69, 9.17) is 4.74 Å². The lowest BCUT2D eigenvalue weighted by Gasteiger charge is -2.46. The smallest absolute Gasteiger partial charge is 0.339 e. The molecule has 4 nitrogen and oxygen atoms in total. The molecule has 25 heavy (non-hydrogen) atoms. The SMILES string of the molecule is CCCCc1cc2c(c(O)c1C(=O)O)[C@@H]1C=C(C)CCC1C(C)(C)O2. The van der Waals surface area contributed by atoms with E-state index in [1.807, 2.05) is 6.07 Å². The molecule has 0 bridgehead atoms. The third-order valence-corrected chi connectivity index (χ3v) is 5.74. The first-order chi connectivity index (χ1) is 11.8. The summed E-state index contributed by atoms with van der Waals surface area (Å²) in [6, 6.07) is 1.85. The summed E-state index contributed by atoms with van der Waals surface area (Å²) < 4.78 is 6.28. The Labute approximate surface area is 149 Å². The molecule has 0 aromatic heterocycles. The first-order valence-electron chi connectivity index (χ1n) is 9.24. The van der Waals surface area contributed by atoms with Crippen molar-refractivity contribution >= 4 is 5.97 Å². The number of carboxylic acids is 1. The molecule has 136 valence electrons. The monoisotopic (exact) mass is 344 g/mol. The number of rotatable bonds is 4. The quantitative estimate of drug-likeness (QED) is 0.751. The van der Waals surface area contributed by atoms with Crippen LogP contribution < -0.4 is 4.74 Å². The van der Waals surface area contributed by atoms with Gasteiger partial charge >= 0.3 is 5.97 Å². The molecule has 0 saturated carbocycles. The van der Waals surface area contributed by atoms with E-state index in [0.29, 0.717) is 23.3 Å². The zero-order valence-corrected chi connectivity index (χ0v) is 15.6. The van der Waals surface area contributed by atoms with Crippen LogP contribution in [0.1, 0.15) is 80.8 Å². The van der Waals surface area contributed by atoms with E-state index in [1.54, 1.807) is 0 Å². The molecule has 4 heteroatoms. The average Bonchev–Trinajstić information content (AvgIpc) is 2.51. The minimum atomic E-state index is -1.07. The highest BCUT2D eigenvalue weighted by molar-refractivity contribution is 5.94. The van der Waals surface area contributed by atoms with E-state index in [-0.39, 0.29) is 28.7 Å². The number of phenols is 1. The van der Waals surface area contributed by atoms with Crippen molar-refractivity contribution in [1.82, 2.24) is 0 Å². The number of allylic oxidation sites excluding steroid dienone is 2. The summed E-state index contributed by atoms with van der Waals surface area (Å²) in [5.74, 6) is -0.286. The third-order valence-electron chi connectivity index (χ3n) is 5.74. The van der Waals surface area contributed by atoms with Gasteiger partial charge in [-0.3, -0.25) is 0 Å². The van der Waals surface area contributed by atoms with Crippen LogP contribution in [0.15, 0.2) is 17.7 Å². The molecule has 0 spiro atoms. The van der Waals surface area contributed by atoms with Gasteiger partial charge in [-0.2, -0.15) is 0 Å². The summed E-state index contributed by atoms with van der Waals surface area (Å²) in [6.45, 7) is 8.35.